The maximum atomic E-state index is 4.20. The van der Waals surface area contributed by atoms with Gasteiger partial charge in [0.15, 0.2) is 0 Å². The van der Waals surface area contributed by atoms with Crippen molar-refractivity contribution in [1.29, 1.82) is 0 Å². The summed E-state index contributed by atoms with van der Waals surface area (Å²) < 4.78 is 0. The van der Waals surface area contributed by atoms with Gasteiger partial charge in [-0.25, -0.2) is 9.97 Å². The Morgan fingerprint density at radius 3 is 2.57 bits per heavy atom. The normalized spacial score (nSPS) is 19.8. The number of hydrogen-bond acceptors (Lipinski definition) is 3. The molecule has 1 N–H and O–H groups in total. The van der Waals surface area contributed by atoms with Crippen molar-refractivity contribution in [2.45, 2.75) is 44.7 Å². The third-order valence-electron chi connectivity index (χ3n) is 3.00. The molecule has 1 aliphatic rings. The lowest BCUT2D eigenvalue weighted by Crippen LogP contribution is -2.39. The van der Waals surface area contributed by atoms with Crippen LogP contribution in [0.3, 0.4) is 0 Å². The van der Waals surface area contributed by atoms with Gasteiger partial charge in [0, 0.05) is 17.9 Å². The molecule has 76 valence electrons. The van der Waals surface area contributed by atoms with Crippen molar-refractivity contribution in [2.75, 3.05) is 0 Å². The molecule has 0 atom stereocenters. The van der Waals surface area contributed by atoms with Crippen molar-refractivity contribution in [3.63, 3.8) is 0 Å². The lowest BCUT2D eigenvalue weighted by molar-refractivity contribution is 0.358. The van der Waals surface area contributed by atoms with Gasteiger partial charge < -0.3 is 5.32 Å². The Hall–Kier alpha value is -0.960. The van der Waals surface area contributed by atoms with Crippen LogP contribution in [0.5, 0.6) is 0 Å². The van der Waals surface area contributed by atoms with Gasteiger partial charge >= 0.3 is 0 Å². The highest BCUT2D eigenvalue weighted by atomic mass is 15.0. The molecule has 0 saturated heterocycles. The summed E-state index contributed by atoms with van der Waals surface area (Å²) in [7, 11) is 0. The van der Waals surface area contributed by atoms with Crippen molar-refractivity contribution in [3.8, 4) is 0 Å². The van der Waals surface area contributed by atoms with Crippen LogP contribution in [0.25, 0.3) is 0 Å². The summed E-state index contributed by atoms with van der Waals surface area (Å²) >= 11 is 0. The number of hydrogen-bond donors (Lipinski definition) is 1. The second-order valence-electron chi connectivity index (χ2n) is 4.29. The molecule has 0 aliphatic heterocycles. The lowest BCUT2D eigenvalue weighted by atomic mass is 10.0. The molecule has 3 nitrogen and oxygen atoms in total. The maximum Gasteiger partial charge on any atom is 0.141 e. The Kier molecular flexibility index (Phi) is 2.77. The zero-order chi connectivity index (χ0) is 9.86. The fraction of sp³-hybridized carbons (Fsp3) is 0.636. The quantitative estimate of drug-likeness (QED) is 0.793. The summed E-state index contributed by atoms with van der Waals surface area (Å²) in [5.41, 5.74) is 0.319. The van der Waals surface area contributed by atoms with E-state index < -0.39 is 0 Å². The Balaban J connectivity index is 1.88. The Morgan fingerprint density at radius 1 is 1.29 bits per heavy atom. The summed E-state index contributed by atoms with van der Waals surface area (Å²) in [6.45, 7) is 3.08. The summed E-state index contributed by atoms with van der Waals surface area (Å²) in [6.07, 6.45) is 8.83. The largest absolute Gasteiger partial charge is 0.305 e. The van der Waals surface area contributed by atoms with Crippen molar-refractivity contribution in [1.82, 2.24) is 15.3 Å². The van der Waals surface area contributed by atoms with E-state index in [0.29, 0.717) is 5.54 Å². The number of nitrogens with one attached hydrogen (secondary N) is 1. The van der Waals surface area contributed by atoms with Gasteiger partial charge in [-0.2, -0.15) is 0 Å². The SMILES string of the molecule is CC1(NCc2ncccn2)CCCC1. The second kappa shape index (κ2) is 4.05. The Bertz CT molecular complexity index is 278. The van der Waals surface area contributed by atoms with E-state index in [0.717, 1.165) is 12.4 Å². The molecule has 14 heavy (non-hydrogen) atoms. The summed E-state index contributed by atoms with van der Waals surface area (Å²) in [6, 6.07) is 1.85. The fourth-order valence-electron chi connectivity index (χ4n) is 2.05. The van der Waals surface area contributed by atoms with Gasteiger partial charge in [-0.15, -0.1) is 0 Å². The average Bonchev–Trinajstić information content (AvgIpc) is 2.65. The van der Waals surface area contributed by atoms with Crippen LogP contribution < -0.4 is 5.32 Å². The summed E-state index contributed by atoms with van der Waals surface area (Å²) in [4.78, 5) is 8.39. The summed E-state index contributed by atoms with van der Waals surface area (Å²) in [5, 5.41) is 3.55. The van der Waals surface area contributed by atoms with Crippen molar-refractivity contribution in [2.24, 2.45) is 0 Å². The van der Waals surface area contributed by atoms with Gasteiger partial charge in [0.25, 0.3) is 0 Å². The molecule has 1 aliphatic carbocycles. The van der Waals surface area contributed by atoms with Gasteiger partial charge in [-0.1, -0.05) is 12.8 Å². The van der Waals surface area contributed by atoms with E-state index in [2.05, 4.69) is 22.2 Å². The first-order valence-corrected chi connectivity index (χ1v) is 5.29. The van der Waals surface area contributed by atoms with Crippen LogP contribution in [0.15, 0.2) is 18.5 Å². The highest BCUT2D eigenvalue weighted by Crippen LogP contribution is 2.28. The van der Waals surface area contributed by atoms with Crippen LogP contribution in [0, 0.1) is 0 Å². The first-order valence-electron chi connectivity index (χ1n) is 5.29. The monoisotopic (exact) mass is 191 g/mol. The minimum atomic E-state index is 0.319. The lowest BCUT2D eigenvalue weighted by Gasteiger charge is -2.24. The number of nitrogens with zero attached hydrogens (tertiary/aromatic N) is 2. The van der Waals surface area contributed by atoms with Crippen LogP contribution in [0.4, 0.5) is 0 Å². The molecule has 0 radical (unpaired) electrons. The maximum absolute atomic E-state index is 4.20. The number of rotatable bonds is 3. The molecular weight excluding hydrogens is 174 g/mol. The van der Waals surface area contributed by atoms with E-state index in [1.54, 1.807) is 12.4 Å². The van der Waals surface area contributed by atoms with Crippen LogP contribution in [0.1, 0.15) is 38.4 Å². The van der Waals surface area contributed by atoms with E-state index in [-0.39, 0.29) is 0 Å². The zero-order valence-corrected chi connectivity index (χ0v) is 8.66. The van der Waals surface area contributed by atoms with E-state index in [1.165, 1.54) is 25.7 Å². The first kappa shape index (κ1) is 9.59. The van der Waals surface area contributed by atoms with Crippen molar-refractivity contribution in [3.05, 3.63) is 24.3 Å². The molecule has 0 aromatic carbocycles. The minimum absolute atomic E-state index is 0.319. The Labute approximate surface area is 85.0 Å². The second-order valence-corrected chi connectivity index (χ2v) is 4.29. The van der Waals surface area contributed by atoms with Gasteiger partial charge in [-0.05, 0) is 25.8 Å². The molecule has 3 heteroatoms. The fourth-order valence-corrected chi connectivity index (χ4v) is 2.05. The van der Waals surface area contributed by atoms with Crippen LogP contribution in [0.2, 0.25) is 0 Å². The Morgan fingerprint density at radius 2 is 1.93 bits per heavy atom. The molecule has 1 fully saturated rings. The molecule has 1 aromatic heterocycles. The van der Waals surface area contributed by atoms with Gasteiger partial charge in [0.05, 0.1) is 6.54 Å². The average molecular weight is 191 g/mol. The molecule has 0 bridgehead atoms. The van der Waals surface area contributed by atoms with Crippen molar-refractivity contribution < 1.29 is 0 Å². The van der Waals surface area contributed by atoms with Crippen LogP contribution >= 0.6 is 0 Å². The van der Waals surface area contributed by atoms with Crippen LogP contribution in [-0.2, 0) is 6.54 Å². The first-order chi connectivity index (χ1) is 6.79. The molecule has 0 spiro atoms. The topological polar surface area (TPSA) is 37.8 Å². The van der Waals surface area contributed by atoms with E-state index in [4.69, 9.17) is 0 Å². The molecule has 0 unspecified atom stereocenters. The van der Waals surface area contributed by atoms with Gasteiger partial charge in [0.1, 0.15) is 5.82 Å². The van der Waals surface area contributed by atoms with Crippen LogP contribution in [-0.4, -0.2) is 15.5 Å². The number of aromatic nitrogens is 2. The third-order valence-corrected chi connectivity index (χ3v) is 3.00. The minimum Gasteiger partial charge on any atom is -0.305 e. The summed E-state index contributed by atoms with van der Waals surface area (Å²) in [5.74, 6) is 0.889. The van der Waals surface area contributed by atoms with E-state index in [9.17, 15) is 0 Å². The van der Waals surface area contributed by atoms with Gasteiger partial charge in [-0.3, -0.25) is 0 Å². The predicted molar refractivity (Wildman–Crippen MR) is 55.7 cm³/mol. The van der Waals surface area contributed by atoms with Gasteiger partial charge in [0.2, 0.25) is 0 Å². The molecule has 1 saturated carbocycles. The smallest absolute Gasteiger partial charge is 0.141 e. The standard InChI is InChI=1S/C11H17N3/c1-11(5-2-3-6-11)14-9-10-12-7-4-8-13-10/h4,7-8,14H,2-3,5-6,9H2,1H3. The van der Waals surface area contributed by atoms with E-state index >= 15 is 0 Å². The molecule has 2 rings (SSSR count). The molecule has 1 heterocycles. The highest BCUT2D eigenvalue weighted by molar-refractivity contribution is 4.93. The van der Waals surface area contributed by atoms with Crippen molar-refractivity contribution >= 4 is 0 Å². The molecule has 0 amide bonds. The highest BCUT2D eigenvalue weighted by Gasteiger charge is 2.27. The molecular formula is C11H17N3. The third kappa shape index (κ3) is 2.29. The molecule has 1 aromatic rings. The predicted octanol–water partition coefficient (Wildman–Crippen LogP) is 1.90. The zero-order valence-electron chi connectivity index (χ0n) is 8.66. The van der Waals surface area contributed by atoms with E-state index in [1.807, 2.05) is 6.07 Å².